The molecule has 0 radical (unpaired) electrons. The number of nitrogens with zero attached hydrogens (tertiary/aromatic N) is 2. The Morgan fingerprint density at radius 2 is 1.60 bits per heavy atom. The Kier molecular flexibility index (Phi) is 6.20. The van der Waals surface area contributed by atoms with Gasteiger partial charge in [0.05, 0.1) is 25.4 Å². The zero-order valence-electron chi connectivity index (χ0n) is 16.3. The summed E-state index contributed by atoms with van der Waals surface area (Å²) in [4.78, 5) is 33.3. The van der Waals surface area contributed by atoms with Gasteiger partial charge >= 0.3 is 0 Å². The topological polar surface area (TPSA) is 96.0 Å². The Morgan fingerprint density at radius 3 is 2.30 bits per heavy atom. The van der Waals surface area contributed by atoms with Crippen molar-refractivity contribution in [2.45, 2.75) is 32.2 Å². The molecule has 0 fully saturated rings. The molecule has 0 spiro atoms. The van der Waals surface area contributed by atoms with E-state index in [-0.39, 0.29) is 11.8 Å². The largest absolute Gasteiger partial charge is 0.350 e. The van der Waals surface area contributed by atoms with Crippen LogP contribution in [0.4, 0.5) is 5.13 Å². The lowest BCUT2D eigenvalue weighted by atomic mass is 10.2. The summed E-state index contributed by atoms with van der Waals surface area (Å²) in [7, 11) is 0. The lowest BCUT2D eigenvalue weighted by Crippen LogP contribution is -2.47. The van der Waals surface area contributed by atoms with Crippen molar-refractivity contribution in [2.24, 2.45) is 0 Å². The van der Waals surface area contributed by atoms with Crippen molar-refractivity contribution in [3.63, 3.8) is 0 Å². The van der Waals surface area contributed by atoms with E-state index in [1.54, 1.807) is 18.3 Å². The Labute approximate surface area is 181 Å². The summed E-state index contributed by atoms with van der Waals surface area (Å²) in [6.07, 6.45) is 1.72. The molecule has 1 atom stereocenters. The van der Waals surface area contributed by atoms with Crippen LogP contribution >= 0.6 is 22.7 Å². The number of hydrazine groups is 1. The quantitative estimate of drug-likeness (QED) is 0.380. The number of aromatic nitrogens is 2. The number of nitrogens with one attached hydrogen (secondary N) is 3. The number of hydrogen-bond acceptors (Lipinski definition) is 7. The van der Waals surface area contributed by atoms with E-state index in [9.17, 15) is 9.59 Å². The van der Waals surface area contributed by atoms with Gasteiger partial charge in [0.1, 0.15) is 6.04 Å². The van der Waals surface area contributed by atoms with E-state index in [2.05, 4.69) is 26.1 Å². The highest BCUT2D eigenvalue weighted by molar-refractivity contribution is 7.22. The first-order chi connectivity index (χ1) is 14.6. The predicted octanol–water partition coefficient (Wildman–Crippen LogP) is 3.88. The maximum absolute atomic E-state index is 12.2. The van der Waals surface area contributed by atoms with E-state index in [0.29, 0.717) is 18.0 Å². The highest BCUT2D eigenvalue weighted by Crippen LogP contribution is 2.26. The minimum Gasteiger partial charge on any atom is -0.350 e. The molecule has 0 aliphatic carbocycles. The fraction of sp³-hybridized carbons (Fsp3) is 0.238. The molecule has 4 rings (SSSR count). The molecular weight excluding hydrogens is 418 g/mol. The Bertz CT molecular complexity index is 1120. The molecule has 2 aromatic heterocycles. The fourth-order valence-corrected chi connectivity index (χ4v) is 4.88. The second-order valence-corrected chi connectivity index (χ2v) is 8.96. The molecule has 30 heavy (non-hydrogen) atoms. The van der Waals surface area contributed by atoms with Gasteiger partial charge in [-0.15, -0.1) is 11.3 Å². The van der Waals surface area contributed by atoms with Crippen LogP contribution in [0.5, 0.6) is 0 Å². The summed E-state index contributed by atoms with van der Waals surface area (Å²) >= 11 is 3.13. The van der Waals surface area contributed by atoms with Crippen molar-refractivity contribution >= 4 is 60.1 Å². The summed E-state index contributed by atoms with van der Waals surface area (Å²) in [6.45, 7) is 1.72. The standard InChI is InChI=1S/C21H21N5O2S2/c1-13(22-21-24-15-8-3-5-10-17(15)30-21)20(28)26-25-18(27)11-6-12-19-23-14-7-2-4-9-16(14)29-19/h2-5,7-10,13H,6,11-12H2,1H3,(H,22,24)(H,25,27)(H,26,28)/t13-/m1/s1. The van der Waals surface area contributed by atoms with Crippen LogP contribution in [0.15, 0.2) is 48.5 Å². The average Bonchev–Trinajstić information content (AvgIpc) is 3.34. The van der Waals surface area contributed by atoms with Crippen molar-refractivity contribution in [2.75, 3.05) is 5.32 Å². The molecule has 2 amide bonds. The molecule has 0 aliphatic heterocycles. The number of carbonyl (C=O) groups is 2. The number of carbonyl (C=O) groups excluding carboxylic acids is 2. The molecule has 3 N–H and O–H groups in total. The highest BCUT2D eigenvalue weighted by Gasteiger charge is 2.15. The molecule has 0 saturated heterocycles. The smallest absolute Gasteiger partial charge is 0.260 e. The van der Waals surface area contributed by atoms with Gasteiger partial charge in [0.2, 0.25) is 5.91 Å². The van der Waals surface area contributed by atoms with Gasteiger partial charge < -0.3 is 5.32 Å². The third kappa shape index (κ3) is 4.92. The lowest BCUT2D eigenvalue weighted by Gasteiger charge is -2.13. The van der Waals surface area contributed by atoms with Gasteiger partial charge in [0.15, 0.2) is 5.13 Å². The Balaban J connectivity index is 1.19. The summed E-state index contributed by atoms with van der Waals surface area (Å²) in [5.74, 6) is -0.551. The number of anilines is 1. The first kappa shape index (κ1) is 20.2. The van der Waals surface area contributed by atoms with Gasteiger partial charge in [-0.2, -0.15) is 0 Å². The summed E-state index contributed by atoms with van der Waals surface area (Å²) in [5, 5.41) is 4.75. The molecule has 2 heterocycles. The average molecular weight is 440 g/mol. The van der Waals surface area contributed by atoms with Crippen molar-refractivity contribution in [3.8, 4) is 0 Å². The van der Waals surface area contributed by atoms with Crippen LogP contribution in [-0.2, 0) is 16.0 Å². The Hall–Kier alpha value is -3.04. The minimum atomic E-state index is -0.534. The molecular formula is C21H21N5O2S2. The van der Waals surface area contributed by atoms with Gasteiger partial charge in [-0.3, -0.25) is 20.4 Å². The van der Waals surface area contributed by atoms with Gasteiger partial charge in [-0.1, -0.05) is 35.6 Å². The number of benzene rings is 2. The number of rotatable bonds is 7. The van der Waals surface area contributed by atoms with Crippen molar-refractivity contribution in [1.29, 1.82) is 0 Å². The van der Waals surface area contributed by atoms with E-state index in [4.69, 9.17) is 0 Å². The van der Waals surface area contributed by atoms with Gasteiger partial charge in [0.25, 0.3) is 5.91 Å². The summed E-state index contributed by atoms with van der Waals surface area (Å²) in [5.41, 5.74) is 6.82. The number of fused-ring (bicyclic) bond motifs is 2. The van der Waals surface area contributed by atoms with Crippen LogP contribution in [0.25, 0.3) is 20.4 Å². The molecule has 154 valence electrons. The SMILES string of the molecule is C[C@@H](Nc1nc2ccccc2s1)C(=O)NNC(=O)CCCc1nc2ccccc2s1. The zero-order chi connectivity index (χ0) is 20.9. The van der Waals surface area contributed by atoms with E-state index >= 15 is 0 Å². The highest BCUT2D eigenvalue weighted by atomic mass is 32.1. The molecule has 9 heteroatoms. The van der Waals surface area contributed by atoms with Gasteiger partial charge in [0, 0.05) is 6.42 Å². The van der Waals surface area contributed by atoms with Gasteiger partial charge in [-0.05, 0) is 44.0 Å². The van der Waals surface area contributed by atoms with Gasteiger partial charge in [-0.25, -0.2) is 9.97 Å². The van der Waals surface area contributed by atoms with Crippen molar-refractivity contribution in [3.05, 3.63) is 53.5 Å². The zero-order valence-corrected chi connectivity index (χ0v) is 18.0. The molecule has 4 aromatic rings. The fourth-order valence-electron chi connectivity index (χ4n) is 2.91. The van der Waals surface area contributed by atoms with Crippen LogP contribution in [-0.4, -0.2) is 27.8 Å². The molecule has 0 bridgehead atoms. The molecule has 0 unspecified atom stereocenters. The number of thiazole rings is 2. The third-order valence-corrected chi connectivity index (χ3v) is 6.55. The van der Waals surface area contributed by atoms with Crippen LogP contribution in [0, 0.1) is 0 Å². The first-order valence-electron chi connectivity index (χ1n) is 9.64. The van der Waals surface area contributed by atoms with Crippen molar-refractivity contribution in [1.82, 2.24) is 20.8 Å². The van der Waals surface area contributed by atoms with Crippen molar-refractivity contribution < 1.29 is 9.59 Å². The molecule has 0 aliphatic rings. The Morgan fingerprint density at radius 1 is 0.933 bits per heavy atom. The van der Waals surface area contributed by atoms with E-state index in [1.165, 1.54) is 11.3 Å². The molecule has 2 aromatic carbocycles. The maximum Gasteiger partial charge on any atom is 0.260 e. The van der Waals surface area contributed by atoms with E-state index in [0.717, 1.165) is 31.9 Å². The second-order valence-electron chi connectivity index (χ2n) is 6.82. The minimum absolute atomic E-state index is 0.225. The molecule has 7 nitrogen and oxygen atoms in total. The maximum atomic E-state index is 12.2. The normalized spacial score (nSPS) is 12.0. The number of hydrogen-bond donors (Lipinski definition) is 3. The first-order valence-corrected chi connectivity index (χ1v) is 11.3. The summed E-state index contributed by atoms with van der Waals surface area (Å²) in [6, 6.07) is 15.2. The number of amides is 2. The van der Waals surface area contributed by atoms with Crippen LogP contribution < -0.4 is 16.2 Å². The van der Waals surface area contributed by atoms with E-state index < -0.39 is 6.04 Å². The number of para-hydroxylation sites is 2. The second kappa shape index (κ2) is 9.19. The number of aryl methyl sites for hydroxylation is 1. The van der Waals surface area contributed by atoms with Crippen LogP contribution in [0.3, 0.4) is 0 Å². The molecule has 0 saturated carbocycles. The van der Waals surface area contributed by atoms with E-state index in [1.807, 2.05) is 48.5 Å². The predicted molar refractivity (Wildman–Crippen MR) is 122 cm³/mol. The lowest BCUT2D eigenvalue weighted by molar-refractivity contribution is -0.129. The summed E-state index contributed by atoms with van der Waals surface area (Å²) < 4.78 is 2.20. The van der Waals surface area contributed by atoms with Crippen LogP contribution in [0.2, 0.25) is 0 Å². The monoisotopic (exact) mass is 439 g/mol. The van der Waals surface area contributed by atoms with Crippen LogP contribution in [0.1, 0.15) is 24.8 Å². The third-order valence-electron chi connectivity index (χ3n) is 4.48.